The van der Waals surface area contributed by atoms with E-state index in [0.717, 1.165) is 24.1 Å². The molecule has 0 aliphatic heterocycles. The van der Waals surface area contributed by atoms with Gasteiger partial charge in [-0.05, 0) is 24.5 Å². The fourth-order valence-electron chi connectivity index (χ4n) is 1.58. The van der Waals surface area contributed by atoms with Crippen LogP contribution in [-0.2, 0) is 6.42 Å². The van der Waals surface area contributed by atoms with E-state index in [2.05, 4.69) is 22.0 Å². The van der Waals surface area contributed by atoms with Crippen molar-refractivity contribution in [2.24, 2.45) is 5.73 Å². The monoisotopic (exact) mass is 232 g/mol. The number of aromatic nitrogens is 3. The molecule has 2 heterocycles. The first kappa shape index (κ1) is 11.7. The Labute approximate surface area is 100 Å². The summed E-state index contributed by atoms with van der Waals surface area (Å²) in [6.45, 7) is 4.05. The van der Waals surface area contributed by atoms with Gasteiger partial charge >= 0.3 is 0 Å². The van der Waals surface area contributed by atoms with Crippen molar-refractivity contribution in [3.63, 3.8) is 0 Å². The van der Waals surface area contributed by atoms with E-state index >= 15 is 0 Å². The van der Waals surface area contributed by atoms with Gasteiger partial charge in [-0.15, -0.1) is 0 Å². The van der Waals surface area contributed by atoms with Crippen molar-refractivity contribution in [1.82, 2.24) is 15.1 Å². The topological polar surface area (TPSA) is 77.8 Å². The van der Waals surface area contributed by atoms with Gasteiger partial charge in [0.2, 0.25) is 11.7 Å². The van der Waals surface area contributed by atoms with Crippen LogP contribution in [0.1, 0.15) is 37.8 Å². The highest BCUT2D eigenvalue weighted by Crippen LogP contribution is 2.20. The Morgan fingerprint density at radius 3 is 2.94 bits per heavy atom. The van der Waals surface area contributed by atoms with E-state index in [4.69, 9.17) is 10.3 Å². The molecule has 90 valence electrons. The molecule has 0 unspecified atom stereocenters. The van der Waals surface area contributed by atoms with Gasteiger partial charge in [-0.1, -0.05) is 25.1 Å². The third-order valence-electron chi connectivity index (χ3n) is 2.68. The van der Waals surface area contributed by atoms with E-state index < -0.39 is 0 Å². The van der Waals surface area contributed by atoms with Gasteiger partial charge in [0.1, 0.15) is 5.69 Å². The average Bonchev–Trinajstić information content (AvgIpc) is 2.87. The molecule has 1 atom stereocenters. The highest BCUT2D eigenvalue weighted by Gasteiger charge is 2.16. The molecule has 0 fully saturated rings. The molecule has 2 aromatic rings. The van der Waals surface area contributed by atoms with Crippen molar-refractivity contribution < 1.29 is 4.52 Å². The largest absolute Gasteiger partial charge is 0.337 e. The molecule has 5 nitrogen and oxygen atoms in total. The Balaban J connectivity index is 2.37. The molecule has 5 heteroatoms. The van der Waals surface area contributed by atoms with Crippen molar-refractivity contribution in [2.45, 2.75) is 32.7 Å². The first-order valence-electron chi connectivity index (χ1n) is 5.79. The lowest BCUT2D eigenvalue weighted by atomic mass is 10.1. The fourth-order valence-corrected chi connectivity index (χ4v) is 1.58. The third kappa shape index (κ3) is 2.34. The molecule has 0 aromatic carbocycles. The summed E-state index contributed by atoms with van der Waals surface area (Å²) in [7, 11) is 0. The number of nitrogens with two attached hydrogens (primary N) is 1. The van der Waals surface area contributed by atoms with Crippen molar-refractivity contribution >= 4 is 0 Å². The van der Waals surface area contributed by atoms with E-state index in [9.17, 15) is 0 Å². The van der Waals surface area contributed by atoms with Crippen LogP contribution in [0.3, 0.4) is 0 Å². The Bertz CT molecular complexity index is 495. The van der Waals surface area contributed by atoms with Crippen LogP contribution in [0.15, 0.2) is 22.9 Å². The maximum atomic E-state index is 5.84. The van der Waals surface area contributed by atoms with E-state index in [0.29, 0.717) is 11.7 Å². The van der Waals surface area contributed by atoms with Crippen LogP contribution in [0.5, 0.6) is 0 Å². The summed E-state index contributed by atoms with van der Waals surface area (Å²) in [6.07, 6.45) is 3.38. The SMILES string of the molecule is CCc1cccnc1-c1noc([C@@H](N)CC)n1. The molecule has 0 saturated heterocycles. The molecular weight excluding hydrogens is 216 g/mol. The highest BCUT2D eigenvalue weighted by molar-refractivity contribution is 5.53. The first-order valence-corrected chi connectivity index (χ1v) is 5.79. The lowest BCUT2D eigenvalue weighted by Crippen LogP contribution is -2.08. The maximum absolute atomic E-state index is 5.84. The van der Waals surface area contributed by atoms with E-state index in [1.54, 1.807) is 6.20 Å². The van der Waals surface area contributed by atoms with Crippen molar-refractivity contribution in [3.05, 3.63) is 29.8 Å². The minimum Gasteiger partial charge on any atom is -0.337 e. The van der Waals surface area contributed by atoms with Gasteiger partial charge in [-0.2, -0.15) is 4.98 Å². The number of aryl methyl sites for hydroxylation is 1. The van der Waals surface area contributed by atoms with Gasteiger partial charge in [0, 0.05) is 6.20 Å². The second-order valence-electron chi connectivity index (χ2n) is 3.84. The number of hydrogen-bond donors (Lipinski definition) is 1. The van der Waals surface area contributed by atoms with Crippen LogP contribution in [0.25, 0.3) is 11.5 Å². The lowest BCUT2D eigenvalue weighted by molar-refractivity contribution is 0.352. The predicted molar refractivity (Wildman–Crippen MR) is 64.1 cm³/mol. The first-order chi connectivity index (χ1) is 8.26. The Hall–Kier alpha value is -1.75. The Kier molecular flexibility index (Phi) is 3.49. The minimum atomic E-state index is -0.204. The predicted octanol–water partition coefficient (Wildman–Crippen LogP) is 2.10. The molecule has 2 aromatic heterocycles. The summed E-state index contributed by atoms with van der Waals surface area (Å²) >= 11 is 0. The molecule has 0 aliphatic rings. The quantitative estimate of drug-likeness (QED) is 0.873. The molecular formula is C12H16N4O. The van der Waals surface area contributed by atoms with Crippen LogP contribution in [0, 0.1) is 0 Å². The number of nitrogens with zero attached hydrogens (tertiary/aromatic N) is 3. The van der Waals surface area contributed by atoms with E-state index in [1.807, 2.05) is 19.1 Å². The van der Waals surface area contributed by atoms with Gasteiger partial charge < -0.3 is 10.3 Å². The van der Waals surface area contributed by atoms with Gasteiger partial charge in [0.25, 0.3) is 0 Å². The molecule has 0 amide bonds. The third-order valence-corrected chi connectivity index (χ3v) is 2.68. The summed E-state index contributed by atoms with van der Waals surface area (Å²) in [5.41, 5.74) is 7.71. The average molecular weight is 232 g/mol. The van der Waals surface area contributed by atoms with Crippen LogP contribution in [0.2, 0.25) is 0 Å². The van der Waals surface area contributed by atoms with Gasteiger partial charge in [-0.3, -0.25) is 4.98 Å². The van der Waals surface area contributed by atoms with Crippen LogP contribution < -0.4 is 5.73 Å². The molecule has 0 saturated carbocycles. The summed E-state index contributed by atoms with van der Waals surface area (Å²) in [6, 6.07) is 3.71. The van der Waals surface area contributed by atoms with E-state index in [1.165, 1.54) is 0 Å². The second-order valence-corrected chi connectivity index (χ2v) is 3.84. The minimum absolute atomic E-state index is 0.204. The number of rotatable bonds is 4. The lowest BCUT2D eigenvalue weighted by Gasteiger charge is -2.01. The summed E-state index contributed by atoms with van der Waals surface area (Å²) in [5.74, 6) is 0.983. The summed E-state index contributed by atoms with van der Waals surface area (Å²) in [4.78, 5) is 8.59. The zero-order chi connectivity index (χ0) is 12.3. The van der Waals surface area contributed by atoms with Crippen LogP contribution >= 0.6 is 0 Å². The Morgan fingerprint density at radius 1 is 1.41 bits per heavy atom. The molecule has 0 radical (unpaired) electrons. The number of pyridine rings is 1. The normalized spacial score (nSPS) is 12.6. The van der Waals surface area contributed by atoms with Crippen molar-refractivity contribution in [3.8, 4) is 11.5 Å². The molecule has 0 aliphatic carbocycles. The Morgan fingerprint density at radius 2 is 2.24 bits per heavy atom. The van der Waals surface area contributed by atoms with E-state index in [-0.39, 0.29) is 6.04 Å². The fraction of sp³-hybridized carbons (Fsp3) is 0.417. The molecule has 0 bridgehead atoms. The zero-order valence-electron chi connectivity index (χ0n) is 10.1. The second kappa shape index (κ2) is 5.05. The van der Waals surface area contributed by atoms with Crippen LogP contribution in [-0.4, -0.2) is 15.1 Å². The molecule has 2 N–H and O–H groups in total. The molecule has 2 rings (SSSR count). The van der Waals surface area contributed by atoms with Gasteiger partial charge in [0.05, 0.1) is 6.04 Å². The van der Waals surface area contributed by atoms with Gasteiger partial charge in [0.15, 0.2) is 0 Å². The number of hydrogen-bond acceptors (Lipinski definition) is 5. The zero-order valence-corrected chi connectivity index (χ0v) is 10.1. The maximum Gasteiger partial charge on any atom is 0.243 e. The smallest absolute Gasteiger partial charge is 0.243 e. The van der Waals surface area contributed by atoms with Crippen molar-refractivity contribution in [1.29, 1.82) is 0 Å². The van der Waals surface area contributed by atoms with Gasteiger partial charge in [-0.25, -0.2) is 0 Å². The standard InChI is InChI=1S/C12H16N4O/c1-3-8-6-5-7-14-10(8)11-15-12(17-16-11)9(13)4-2/h5-7,9H,3-4,13H2,1-2H3/t9-/m0/s1. The summed E-state index contributed by atoms with van der Waals surface area (Å²) in [5, 5.41) is 3.94. The molecule has 0 spiro atoms. The van der Waals surface area contributed by atoms with Crippen LogP contribution in [0.4, 0.5) is 0 Å². The highest BCUT2D eigenvalue weighted by atomic mass is 16.5. The molecule has 17 heavy (non-hydrogen) atoms. The van der Waals surface area contributed by atoms with Crippen molar-refractivity contribution in [2.75, 3.05) is 0 Å². The summed E-state index contributed by atoms with van der Waals surface area (Å²) < 4.78 is 5.15.